The molecular weight excluding hydrogens is 797 g/mol. The molecule has 0 bridgehead atoms. The highest BCUT2D eigenvalue weighted by Gasteiger charge is 2.22. The van der Waals surface area contributed by atoms with Gasteiger partial charge < -0.3 is 9.47 Å². The topological polar surface area (TPSA) is 8.17 Å². The van der Waals surface area contributed by atoms with E-state index >= 15 is 0 Å². The van der Waals surface area contributed by atoms with E-state index in [0.717, 1.165) is 39.4 Å². The number of hydrogen-bond acceptors (Lipinski definition) is 1. The molecule has 0 fully saturated rings. The van der Waals surface area contributed by atoms with Gasteiger partial charge in [-0.2, -0.15) is 0 Å². The van der Waals surface area contributed by atoms with Crippen molar-refractivity contribution in [2.24, 2.45) is 0 Å². The summed E-state index contributed by atoms with van der Waals surface area (Å²) in [5, 5.41) is 4.91. The lowest BCUT2D eigenvalue weighted by molar-refractivity contribution is 1.18. The number of aromatic nitrogens is 1. The molecule has 12 rings (SSSR count). The van der Waals surface area contributed by atoms with Gasteiger partial charge >= 0.3 is 0 Å². The number of hydrogen-bond donors (Lipinski definition) is 0. The zero-order chi connectivity index (χ0) is 43.8. The zero-order valence-corrected chi connectivity index (χ0v) is 36.3. The van der Waals surface area contributed by atoms with Gasteiger partial charge in [0.15, 0.2) is 0 Å². The number of fused-ring (bicyclic) bond motifs is 4. The zero-order valence-electron chi connectivity index (χ0n) is 36.3. The predicted molar refractivity (Wildman–Crippen MR) is 280 cm³/mol. The van der Waals surface area contributed by atoms with Crippen LogP contribution in [0.2, 0.25) is 0 Å². The van der Waals surface area contributed by atoms with Crippen LogP contribution in [0.3, 0.4) is 0 Å². The fourth-order valence-corrected chi connectivity index (χ4v) is 9.92. The van der Waals surface area contributed by atoms with E-state index in [1.54, 1.807) is 0 Å². The smallest absolute Gasteiger partial charge is 0.0553 e. The van der Waals surface area contributed by atoms with Gasteiger partial charge in [-0.25, -0.2) is 0 Å². The van der Waals surface area contributed by atoms with Gasteiger partial charge in [0.2, 0.25) is 0 Å². The summed E-state index contributed by atoms with van der Waals surface area (Å²) in [6.07, 6.45) is 0. The van der Waals surface area contributed by atoms with Crippen LogP contribution in [0.4, 0.5) is 17.1 Å². The first kappa shape index (κ1) is 38.9. The first-order valence-electron chi connectivity index (χ1n) is 22.7. The molecule has 0 radical (unpaired) electrons. The molecule has 1 aromatic heterocycles. The molecule has 0 aliphatic carbocycles. The highest BCUT2D eigenvalue weighted by Crippen LogP contribution is 2.46. The fourth-order valence-electron chi connectivity index (χ4n) is 9.92. The third-order valence-corrected chi connectivity index (χ3v) is 12.9. The summed E-state index contributed by atoms with van der Waals surface area (Å²) < 4.78 is 2.43. The summed E-state index contributed by atoms with van der Waals surface area (Å²) in [5.41, 5.74) is 18.6. The van der Waals surface area contributed by atoms with E-state index in [1.165, 1.54) is 71.5 Å². The number of nitrogens with zero attached hydrogens (tertiary/aromatic N) is 2. The Morgan fingerprint density at radius 2 is 0.773 bits per heavy atom. The molecule has 0 atom stereocenters. The summed E-state index contributed by atoms with van der Waals surface area (Å²) in [6, 6.07) is 97.0. The second kappa shape index (κ2) is 16.8. The molecular formula is C64H44N2. The van der Waals surface area contributed by atoms with E-state index in [9.17, 15) is 0 Å². The van der Waals surface area contributed by atoms with Crippen LogP contribution in [0, 0.1) is 0 Å². The Kier molecular flexibility index (Phi) is 9.89. The van der Waals surface area contributed by atoms with Crippen LogP contribution in [-0.4, -0.2) is 4.57 Å². The van der Waals surface area contributed by atoms with Crippen LogP contribution < -0.4 is 4.90 Å². The average Bonchev–Trinajstić information content (AvgIpc) is 3.73. The van der Waals surface area contributed by atoms with Gasteiger partial charge in [-0.05, 0) is 133 Å². The molecule has 1 heterocycles. The Bertz CT molecular complexity index is 3610. The summed E-state index contributed by atoms with van der Waals surface area (Å²) in [7, 11) is 0. The summed E-state index contributed by atoms with van der Waals surface area (Å²) in [6.45, 7) is 0. The molecule has 0 N–H and O–H groups in total. The van der Waals surface area contributed by atoms with Crippen LogP contribution in [0.25, 0.3) is 93.9 Å². The number of anilines is 3. The molecule has 2 nitrogen and oxygen atoms in total. The Hall–Kier alpha value is -8.72. The molecule has 2 heteroatoms. The van der Waals surface area contributed by atoms with Crippen molar-refractivity contribution in [3.63, 3.8) is 0 Å². The predicted octanol–water partition coefficient (Wildman–Crippen LogP) is 17.7. The summed E-state index contributed by atoms with van der Waals surface area (Å²) >= 11 is 0. The quantitative estimate of drug-likeness (QED) is 0.141. The van der Waals surface area contributed by atoms with Crippen LogP contribution in [0.5, 0.6) is 0 Å². The van der Waals surface area contributed by atoms with Gasteiger partial charge in [-0.1, -0.05) is 200 Å². The van der Waals surface area contributed by atoms with Gasteiger partial charge in [0.25, 0.3) is 0 Å². The molecule has 310 valence electrons. The maximum Gasteiger partial charge on any atom is 0.0553 e. The van der Waals surface area contributed by atoms with Crippen molar-refractivity contribution in [3.05, 3.63) is 267 Å². The third kappa shape index (κ3) is 7.02. The summed E-state index contributed by atoms with van der Waals surface area (Å²) in [5.74, 6) is 0. The highest BCUT2D eigenvalue weighted by atomic mass is 15.1. The van der Waals surface area contributed by atoms with E-state index in [4.69, 9.17) is 0 Å². The van der Waals surface area contributed by atoms with Crippen LogP contribution in [0.1, 0.15) is 0 Å². The van der Waals surface area contributed by atoms with Crippen molar-refractivity contribution >= 4 is 49.6 Å². The lowest BCUT2D eigenvalue weighted by Crippen LogP contribution is -2.10. The average molecular weight is 841 g/mol. The Morgan fingerprint density at radius 3 is 1.42 bits per heavy atom. The molecule has 11 aromatic carbocycles. The first-order chi connectivity index (χ1) is 32.7. The normalized spacial score (nSPS) is 11.3. The van der Waals surface area contributed by atoms with Gasteiger partial charge in [-0.15, -0.1) is 0 Å². The van der Waals surface area contributed by atoms with Crippen LogP contribution in [0.15, 0.2) is 267 Å². The standard InChI is InChI=1S/C64H44N2/c1-5-20-45(21-6-1)51-40-52(46-22-7-2-8-23-46)43-56(42-51)65(54-38-36-48(37-39-54)58-32-16-15-31-57(58)47-24-9-3-10-25-47)55-30-19-27-50(41-55)63-59-33-14-13-26-49(59)44-62-64(63)60-34-17-18-35-61(60)66(62)53-28-11-4-12-29-53/h1-44H. The Morgan fingerprint density at radius 1 is 0.273 bits per heavy atom. The number of para-hydroxylation sites is 2. The molecule has 12 aromatic rings. The van der Waals surface area contributed by atoms with Gasteiger partial charge in [0.1, 0.15) is 0 Å². The second-order valence-corrected chi connectivity index (χ2v) is 16.9. The van der Waals surface area contributed by atoms with E-state index in [2.05, 4.69) is 276 Å². The van der Waals surface area contributed by atoms with E-state index < -0.39 is 0 Å². The monoisotopic (exact) mass is 840 g/mol. The molecule has 66 heavy (non-hydrogen) atoms. The fraction of sp³-hybridized carbons (Fsp3) is 0. The Balaban J connectivity index is 1.09. The largest absolute Gasteiger partial charge is 0.310 e. The van der Waals surface area contributed by atoms with Gasteiger partial charge in [0.05, 0.1) is 11.0 Å². The van der Waals surface area contributed by atoms with Crippen molar-refractivity contribution in [3.8, 4) is 61.3 Å². The Labute approximate surface area is 385 Å². The lowest BCUT2D eigenvalue weighted by Gasteiger charge is -2.28. The molecule has 0 amide bonds. The van der Waals surface area contributed by atoms with Crippen molar-refractivity contribution in [2.75, 3.05) is 4.90 Å². The van der Waals surface area contributed by atoms with Gasteiger partial charge in [0, 0.05) is 33.5 Å². The molecule has 0 unspecified atom stereocenters. The third-order valence-electron chi connectivity index (χ3n) is 12.9. The summed E-state index contributed by atoms with van der Waals surface area (Å²) in [4.78, 5) is 2.44. The number of benzene rings is 11. The maximum absolute atomic E-state index is 2.44. The van der Waals surface area contributed by atoms with Crippen LogP contribution >= 0.6 is 0 Å². The second-order valence-electron chi connectivity index (χ2n) is 16.9. The molecule has 0 aliphatic heterocycles. The molecule has 0 aliphatic rings. The molecule has 0 spiro atoms. The minimum absolute atomic E-state index is 1.07. The van der Waals surface area contributed by atoms with E-state index in [1.807, 2.05) is 0 Å². The molecule has 0 saturated carbocycles. The van der Waals surface area contributed by atoms with E-state index in [-0.39, 0.29) is 0 Å². The van der Waals surface area contributed by atoms with Crippen LogP contribution in [-0.2, 0) is 0 Å². The van der Waals surface area contributed by atoms with Gasteiger partial charge in [-0.3, -0.25) is 0 Å². The van der Waals surface area contributed by atoms with Crippen molar-refractivity contribution in [1.82, 2.24) is 4.57 Å². The van der Waals surface area contributed by atoms with E-state index in [0.29, 0.717) is 0 Å². The maximum atomic E-state index is 2.44. The van der Waals surface area contributed by atoms with Crippen molar-refractivity contribution in [2.45, 2.75) is 0 Å². The van der Waals surface area contributed by atoms with Crippen molar-refractivity contribution < 1.29 is 0 Å². The SMILES string of the molecule is c1ccc(-c2cc(-c3ccccc3)cc(N(c3ccc(-c4ccccc4-c4ccccc4)cc3)c3cccc(-c4c5ccccc5cc5c4c4ccccc4n5-c4ccccc4)c3)c2)cc1. The molecule has 0 saturated heterocycles. The first-order valence-corrected chi connectivity index (χ1v) is 22.7. The number of rotatable bonds is 9. The minimum Gasteiger partial charge on any atom is -0.310 e. The van der Waals surface area contributed by atoms with Crippen molar-refractivity contribution in [1.29, 1.82) is 0 Å². The minimum atomic E-state index is 1.07. The lowest BCUT2D eigenvalue weighted by atomic mass is 9.92. The highest BCUT2D eigenvalue weighted by molar-refractivity contribution is 6.23.